The molecule has 7 nitrogen and oxygen atoms in total. The molecule has 0 atom stereocenters. The van der Waals surface area contributed by atoms with Gasteiger partial charge >= 0.3 is 6.03 Å². The molecule has 2 N–H and O–H groups in total. The number of piperidine rings is 1. The Morgan fingerprint density at radius 2 is 1.81 bits per heavy atom. The van der Waals surface area contributed by atoms with Crippen molar-refractivity contribution in [3.63, 3.8) is 0 Å². The summed E-state index contributed by atoms with van der Waals surface area (Å²) in [6.07, 6.45) is 2.20. The summed E-state index contributed by atoms with van der Waals surface area (Å²) < 4.78 is 11.3. The van der Waals surface area contributed by atoms with E-state index in [0.717, 1.165) is 12.1 Å². The minimum atomic E-state index is -0.220. The zero-order valence-corrected chi connectivity index (χ0v) is 19.3. The molecule has 32 heavy (non-hydrogen) atoms. The largest absolute Gasteiger partial charge is 0.490 e. The number of rotatable bonds is 8. The van der Waals surface area contributed by atoms with E-state index in [-0.39, 0.29) is 18.0 Å². The van der Waals surface area contributed by atoms with Gasteiger partial charge in [0.1, 0.15) is 0 Å². The van der Waals surface area contributed by atoms with Crippen molar-refractivity contribution in [3.8, 4) is 11.5 Å². The molecule has 8 heteroatoms. The fourth-order valence-corrected chi connectivity index (χ4v) is 3.79. The van der Waals surface area contributed by atoms with E-state index < -0.39 is 0 Å². The van der Waals surface area contributed by atoms with E-state index in [1.165, 1.54) is 0 Å². The lowest BCUT2D eigenvalue weighted by molar-refractivity contribution is 0.0918. The molecule has 0 saturated carbocycles. The summed E-state index contributed by atoms with van der Waals surface area (Å²) in [5, 5.41) is 6.30. The molecular weight excluding hydrogens is 430 g/mol. The first-order chi connectivity index (χ1) is 15.5. The number of hydrogen-bond acceptors (Lipinski definition) is 4. The van der Waals surface area contributed by atoms with Crippen LogP contribution in [0.1, 0.15) is 43.5 Å². The molecule has 1 aliphatic rings. The predicted octanol–water partition coefficient (Wildman–Crippen LogP) is 4.95. The number of amides is 3. The molecule has 0 aliphatic carbocycles. The van der Waals surface area contributed by atoms with Crippen LogP contribution in [0.2, 0.25) is 5.02 Å². The quantitative estimate of drug-likeness (QED) is 0.585. The van der Waals surface area contributed by atoms with Crippen LogP contribution in [0.5, 0.6) is 11.5 Å². The average Bonchev–Trinajstić information content (AvgIpc) is 2.79. The van der Waals surface area contributed by atoms with E-state index in [9.17, 15) is 9.59 Å². The summed E-state index contributed by atoms with van der Waals surface area (Å²) in [4.78, 5) is 27.1. The summed E-state index contributed by atoms with van der Waals surface area (Å²) >= 11 is 6.38. The van der Waals surface area contributed by atoms with Gasteiger partial charge in [0.25, 0.3) is 5.91 Å². The molecule has 1 fully saturated rings. The molecular formula is C24H30ClN3O4. The lowest BCUT2D eigenvalue weighted by atomic mass is 10.0. The highest BCUT2D eigenvalue weighted by Crippen LogP contribution is 2.37. The highest BCUT2D eigenvalue weighted by Gasteiger charge is 2.25. The lowest BCUT2D eigenvalue weighted by Gasteiger charge is -2.32. The van der Waals surface area contributed by atoms with Crippen molar-refractivity contribution < 1.29 is 19.1 Å². The van der Waals surface area contributed by atoms with Gasteiger partial charge in [0.05, 0.1) is 18.2 Å². The maximum atomic E-state index is 12.8. The monoisotopic (exact) mass is 459 g/mol. The maximum absolute atomic E-state index is 12.8. The molecule has 3 rings (SSSR count). The first kappa shape index (κ1) is 23.7. The fourth-order valence-electron chi connectivity index (χ4n) is 3.53. The van der Waals surface area contributed by atoms with Crippen LogP contribution in [0, 0.1) is 0 Å². The maximum Gasteiger partial charge on any atom is 0.321 e. The van der Waals surface area contributed by atoms with Gasteiger partial charge in [0.2, 0.25) is 0 Å². The van der Waals surface area contributed by atoms with Gasteiger partial charge in [-0.3, -0.25) is 4.79 Å². The van der Waals surface area contributed by atoms with Gasteiger partial charge < -0.3 is 25.0 Å². The molecule has 0 bridgehead atoms. The number of ether oxygens (including phenoxy) is 2. The third-order valence-corrected chi connectivity index (χ3v) is 5.45. The van der Waals surface area contributed by atoms with E-state index in [0.29, 0.717) is 61.2 Å². The van der Waals surface area contributed by atoms with Gasteiger partial charge in [-0.1, -0.05) is 36.7 Å². The Morgan fingerprint density at radius 3 is 2.47 bits per heavy atom. The normalized spacial score (nSPS) is 14.0. The number of carbonyl (C=O) groups is 2. The Hall–Kier alpha value is -2.93. The molecule has 0 radical (unpaired) electrons. The highest BCUT2D eigenvalue weighted by atomic mass is 35.5. The topological polar surface area (TPSA) is 79.9 Å². The summed E-state index contributed by atoms with van der Waals surface area (Å²) in [7, 11) is 0. The zero-order chi connectivity index (χ0) is 22.9. The van der Waals surface area contributed by atoms with Crippen LogP contribution in [0.4, 0.5) is 10.5 Å². The van der Waals surface area contributed by atoms with E-state index in [2.05, 4.69) is 10.6 Å². The molecule has 1 aliphatic heterocycles. The van der Waals surface area contributed by atoms with Gasteiger partial charge in [-0.2, -0.15) is 0 Å². The van der Waals surface area contributed by atoms with Gasteiger partial charge in [0, 0.05) is 30.4 Å². The van der Waals surface area contributed by atoms with Crippen LogP contribution < -0.4 is 20.1 Å². The third-order valence-electron chi connectivity index (χ3n) is 5.16. The van der Waals surface area contributed by atoms with Crippen molar-refractivity contribution >= 4 is 29.2 Å². The molecule has 0 spiro atoms. The Labute approximate surface area is 194 Å². The SMILES string of the molecule is CCCOc1c(Cl)cc(C(=O)NC2CCN(C(=O)Nc3ccccc3)CC2)cc1OCC. The zero-order valence-electron chi connectivity index (χ0n) is 18.5. The number of para-hydroxylation sites is 1. The molecule has 2 aromatic rings. The van der Waals surface area contributed by atoms with Crippen molar-refractivity contribution in [2.75, 3.05) is 31.6 Å². The molecule has 172 valence electrons. The number of anilines is 1. The minimum Gasteiger partial charge on any atom is -0.490 e. The van der Waals surface area contributed by atoms with Gasteiger partial charge in [-0.25, -0.2) is 4.79 Å². The summed E-state index contributed by atoms with van der Waals surface area (Å²) in [5.74, 6) is 0.706. The van der Waals surface area contributed by atoms with Crippen molar-refractivity contribution in [3.05, 3.63) is 53.1 Å². The average molecular weight is 460 g/mol. The van der Waals surface area contributed by atoms with Crippen LogP contribution in [0.15, 0.2) is 42.5 Å². The van der Waals surface area contributed by atoms with E-state index in [1.807, 2.05) is 44.2 Å². The predicted molar refractivity (Wildman–Crippen MR) is 126 cm³/mol. The Kier molecular flexibility index (Phi) is 8.62. The Bertz CT molecular complexity index is 915. The van der Waals surface area contributed by atoms with Crippen molar-refractivity contribution in [2.45, 2.75) is 39.2 Å². The van der Waals surface area contributed by atoms with Crippen LogP contribution in [0.25, 0.3) is 0 Å². The van der Waals surface area contributed by atoms with Crippen LogP contribution in [-0.2, 0) is 0 Å². The van der Waals surface area contributed by atoms with Crippen molar-refractivity contribution in [2.24, 2.45) is 0 Å². The second-order valence-corrected chi connectivity index (χ2v) is 8.00. The first-order valence-corrected chi connectivity index (χ1v) is 11.4. The Balaban J connectivity index is 1.56. The molecule has 2 aromatic carbocycles. The number of likely N-dealkylation sites (tertiary alicyclic amines) is 1. The molecule has 3 amide bonds. The van der Waals surface area contributed by atoms with Crippen molar-refractivity contribution in [1.82, 2.24) is 10.2 Å². The van der Waals surface area contributed by atoms with Crippen LogP contribution in [-0.4, -0.2) is 49.2 Å². The number of nitrogens with one attached hydrogen (secondary N) is 2. The second-order valence-electron chi connectivity index (χ2n) is 7.60. The van der Waals surface area contributed by atoms with E-state index in [4.69, 9.17) is 21.1 Å². The van der Waals surface area contributed by atoms with Crippen LogP contribution >= 0.6 is 11.6 Å². The molecule has 1 heterocycles. The molecule has 0 unspecified atom stereocenters. The number of benzene rings is 2. The number of halogens is 1. The smallest absolute Gasteiger partial charge is 0.321 e. The number of carbonyl (C=O) groups excluding carboxylic acids is 2. The molecule has 1 saturated heterocycles. The fraction of sp³-hybridized carbons (Fsp3) is 0.417. The standard InChI is InChI=1S/C24H30ClN3O4/c1-3-14-32-22-20(25)15-17(16-21(22)31-4-2)23(29)26-19-10-12-28(13-11-19)24(30)27-18-8-6-5-7-9-18/h5-9,15-16,19H,3-4,10-14H2,1-2H3,(H,26,29)(H,27,30). The Morgan fingerprint density at radius 1 is 1.09 bits per heavy atom. The number of hydrogen-bond donors (Lipinski definition) is 2. The van der Waals surface area contributed by atoms with E-state index >= 15 is 0 Å². The van der Waals surface area contributed by atoms with Crippen LogP contribution in [0.3, 0.4) is 0 Å². The third kappa shape index (κ3) is 6.29. The minimum absolute atomic E-state index is 0.0198. The number of nitrogens with zero attached hydrogens (tertiary/aromatic N) is 1. The number of urea groups is 1. The van der Waals surface area contributed by atoms with Gasteiger partial charge in [-0.15, -0.1) is 0 Å². The second kappa shape index (κ2) is 11.6. The van der Waals surface area contributed by atoms with Crippen molar-refractivity contribution in [1.29, 1.82) is 0 Å². The first-order valence-electron chi connectivity index (χ1n) is 11.0. The summed E-state index contributed by atoms with van der Waals surface area (Å²) in [5.41, 5.74) is 1.19. The highest BCUT2D eigenvalue weighted by molar-refractivity contribution is 6.32. The molecule has 0 aromatic heterocycles. The van der Waals surface area contributed by atoms with Gasteiger partial charge in [-0.05, 0) is 50.5 Å². The van der Waals surface area contributed by atoms with E-state index in [1.54, 1.807) is 17.0 Å². The van der Waals surface area contributed by atoms with Gasteiger partial charge in [0.15, 0.2) is 11.5 Å². The summed E-state index contributed by atoms with van der Waals surface area (Å²) in [6.45, 7) is 5.96. The lowest BCUT2D eigenvalue weighted by Crippen LogP contribution is -2.47. The summed E-state index contributed by atoms with van der Waals surface area (Å²) in [6, 6.07) is 12.5.